The highest BCUT2D eigenvalue weighted by Gasteiger charge is 2.29. The SMILES string of the molecule is CC(C)(C)OC(=O)N1CCC(Cc2c(-c3ccccc3)nc3ccccc3c2C(=O)O)CC1. The van der Waals surface area contributed by atoms with E-state index in [4.69, 9.17) is 9.72 Å². The Morgan fingerprint density at radius 2 is 1.67 bits per heavy atom. The first kappa shape index (κ1) is 22.8. The zero-order chi connectivity index (χ0) is 23.6. The Morgan fingerprint density at radius 3 is 2.30 bits per heavy atom. The number of carboxylic acid groups (broad SMARTS) is 1. The molecule has 2 heterocycles. The zero-order valence-electron chi connectivity index (χ0n) is 19.4. The molecule has 4 rings (SSSR count). The van der Waals surface area contributed by atoms with Gasteiger partial charge in [0, 0.05) is 24.0 Å². The third kappa shape index (κ3) is 5.16. The molecule has 6 heteroatoms. The standard InChI is InChI=1S/C27H30N2O4/c1-27(2,3)33-26(32)29-15-13-18(14-16-29)17-21-23(25(30)31)20-11-7-8-12-22(20)28-24(21)19-9-5-4-6-10-19/h4-12,18H,13-17H2,1-3H3,(H,30,31). The Labute approximate surface area is 194 Å². The van der Waals surface area contributed by atoms with Crippen molar-refractivity contribution in [2.24, 2.45) is 5.92 Å². The Hall–Kier alpha value is -3.41. The highest BCUT2D eigenvalue weighted by Crippen LogP contribution is 2.34. The van der Waals surface area contributed by atoms with Crippen LogP contribution in [0.2, 0.25) is 0 Å². The van der Waals surface area contributed by atoms with Gasteiger partial charge in [-0.25, -0.2) is 14.6 Å². The number of carboxylic acids is 1. The molecule has 1 amide bonds. The summed E-state index contributed by atoms with van der Waals surface area (Å²) in [5.41, 5.74) is 2.88. The smallest absolute Gasteiger partial charge is 0.410 e. The quantitative estimate of drug-likeness (QED) is 0.549. The summed E-state index contributed by atoms with van der Waals surface area (Å²) in [5.74, 6) is -0.681. The van der Waals surface area contributed by atoms with Crippen LogP contribution in [-0.2, 0) is 11.2 Å². The van der Waals surface area contributed by atoms with Crippen LogP contribution in [0.1, 0.15) is 49.5 Å². The number of amides is 1. The molecule has 1 saturated heterocycles. The van der Waals surface area contributed by atoms with Gasteiger partial charge in [-0.3, -0.25) is 0 Å². The highest BCUT2D eigenvalue weighted by molar-refractivity contribution is 6.05. The molecule has 0 unspecified atom stereocenters. The highest BCUT2D eigenvalue weighted by atomic mass is 16.6. The van der Waals surface area contributed by atoms with Gasteiger partial charge < -0.3 is 14.7 Å². The van der Waals surface area contributed by atoms with E-state index >= 15 is 0 Å². The van der Waals surface area contributed by atoms with E-state index < -0.39 is 11.6 Å². The minimum absolute atomic E-state index is 0.257. The maximum atomic E-state index is 12.4. The van der Waals surface area contributed by atoms with Crippen molar-refractivity contribution >= 4 is 23.0 Å². The summed E-state index contributed by atoms with van der Waals surface area (Å²) in [6.45, 7) is 6.79. The fraction of sp³-hybridized carbons (Fsp3) is 0.370. The number of carbonyl (C=O) groups is 2. The summed E-state index contributed by atoms with van der Waals surface area (Å²) in [7, 11) is 0. The van der Waals surface area contributed by atoms with Crippen molar-refractivity contribution in [3.63, 3.8) is 0 Å². The van der Waals surface area contributed by atoms with E-state index in [0.717, 1.165) is 29.7 Å². The molecular formula is C27H30N2O4. The molecule has 0 aliphatic carbocycles. The molecule has 0 saturated carbocycles. The molecule has 172 valence electrons. The fourth-order valence-corrected chi connectivity index (χ4v) is 4.46. The minimum atomic E-state index is -0.938. The summed E-state index contributed by atoms with van der Waals surface area (Å²) >= 11 is 0. The van der Waals surface area contributed by atoms with Crippen LogP contribution in [0.4, 0.5) is 4.79 Å². The predicted molar refractivity (Wildman–Crippen MR) is 128 cm³/mol. The third-order valence-electron chi connectivity index (χ3n) is 6.01. The summed E-state index contributed by atoms with van der Waals surface area (Å²) < 4.78 is 5.51. The van der Waals surface area contributed by atoms with Crippen molar-refractivity contribution in [2.45, 2.75) is 45.6 Å². The fourth-order valence-electron chi connectivity index (χ4n) is 4.46. The second kappa shape index (κ2) is 9.22. The number of hydrogen-bond acceptors (Lipinski definition) is 4. The van der Waals surface area contributed by atoms with Gasteiger partial charge in [0.2, 0.25) is 0 Å². The lowest BCUT2D eigenvalue weighted by atomic mass is 9.85. The average Bonchev–Trinajstić information content (AvgIpc) is 2.78. The van der Waals surface area contributed by atoms with Crippen LogP contribution in [0.15, 0.2) is 54.6 Å². The van der Waals surface area contributed by atoms with Crippen LogP contribution < -0.4 is 0 Å². The molecule has 1 aliphatic rings. The number of rotatable bonds is 4. The van der Waals surface area contributed by atoms with Crippen molar-refractivity contribution < 1.29 is 19.4 Å². The molecule has 0 bridgehead atoms. The molecule has 0 radical (unpaired) electrons. The van der Waals surface area contributed by atoms with Crippen LogP contribution in [0.25, 0.3) is 22.2 Å². The van der Waals surface area contributed by atoms with Gasteiger partial charge in [0.1, 0.15) is 5.60 Å². The third-order valence-corrected chi connectivity index (χ3v) is 6.01. The largest absolute Gasteiger partial charge is 0.478 e. The van der Waals surface area contributed by atoms with Gasteiger partial charge in [0.05, 0.1) is 16.8 Å². The first-order valence-electron chi connectivity index (χ1n) is 11.4. The summed E-state index contributed by atoms with van der Waals surface area (Å²) in [4.78, 5) is 31.5. The number of likely N-dealkylation sites (tertiary alicyclic amines) is 1. The molecule has 1 N–H and O–H groups in total. The molecule has 0 spiro atoms. The van der Waals surface area contributed by atoms with Gasteiger partial charge in [-0.05, 0) is 57.6 Å². The molecule has 2 aromatic carbocycles. The van der Waals surface area contributed by atoms with Crippen molar-refractivity contribution in [3.05, 3.63) is 65.7 Å². The second-order valence-electron chi connectivity index (χ2n) is 9.62. The Kier molecular flexibility index (Phi) is 6.36. The zero-order valence-corrected chi connectivity index (χ0v) is 19.4. The van der Waals surface area contributed by atoms with Crippen molar-refractivity contribution in [3.8, 4) is 11.3 Å². The van der Waals surface area contributed by atoms with Crippen molar-refractivity contribution in [2.75, 3.05) is 13.1 Å². The molecule has 3 aromatic rings. The molecule has 1 fully saturated rings. The molecule has 1 aliphatic heterocycles. The van der Waals surface area contributed by atoms with Crippen molar-refractivity contribution in [1.82, 2.24) is 9.88 Å². The number of nitrogens with zero attached hydrogens (tertiary/aromatic N) is 2. The van der Waals surface area contributed by atoms with Crippen LogP contribution in [0.5, 0.6) is 0 Å². The Balaban J connectivity index is 1.66. The second-order valence-corrected chi connectivity index (χ2v) is 9.62. The topological polar surface area (TPSA) is 79.7 Å². The number of aromatic nitrogens is 1. The Bertz CT molecular complexity index is 1160. The number of benzene rings is 2. The lowest BCUT2D eigenvalue weighted by molar-refractivity contribution is 0.0184. The Morgan fingerprint density at radius 1 is 1.03 bits per heavy atom. The van der Waals surface area contributed by atoms with E-state index in [0.29, 0.717) is 36.0 Å². The number of piperidine rings is 1. The van der Waals surface area contributed by atoms with Crippen LogP contribution in [0, 0.1) is 5.92 Å². The van der Waals surface area contributed by atoms with E-state index in [1.54, 1.807) is 4.90 Å². The number of aromatic carboxylic acids is 1. The molecular weight excluding hydrogens is 416 g/mol. The number of para-hydroxylation sites is 1. The normalized spacial score (nSPS) is 14.9. The van der Waals surface area contributed by atoms with Gasteiger partial charge in [0.25, 0.3) is 0 Å². The van der Waals surface area contributed by atoms with Crippen molar-refractivity contribution in [1.29, 1.82) is 0 Å². The molecule has 33 heavy (non-hydrogen) atoms. The van der Waals surface area contributed by atoms with Crippen LogP contribution >= 0.6 is 0 Å². The summed E-state index contributed by atoms with van der Waals surface area (Å²) in [5, 5.41) is 10.8. The van der Waals surface area contributed by atoms with Gasteiger partial charge in [-0.1, -0.05) is 48.5 Å². The number of hydrogen-bond donors (Lipinski definition) is 1. The monoisotopic (exact) mass is 446 g/mol. The summed E-state index contributed by atoms with van der Waals surface area (Å²) in [6, 6.07) is 17.2. The van der Waals surface area contributed by atoms with Gasteiger partial charge >= 0.3 is 12.1 Å². The number of carbonyl (C=O) groups excluding carboxylic acids is 1. The van der Waals surface area contributed by atoms with Crippen LogP contribution in [0.3, 0.4) is 0 Å². The molecule has 0 atom stereocenters. The maximum absolute atomic E-state index is 12.4. The maximum Gasteiger partial charge on any atom is 0.410 e. The first-order valence-corrected chi connectivity index (χ1v) is 11.4. The number of ether oxygens (including phenoxy) is 1. The minimum Gasteiger partial charge on any atom is -0.478 e. The van der Waals surface area contributed by atoms with Gasteiger partial charge in [-0.2, -0.15) is 0 Å². The van der Waals surface area contributed by atoms with Gasteiger partial charge in [-0.15, -0.1) is 0 Å². The lowest BCUT2D eigenvalue weighted by Crippen LogP contribution is -2.42. The molecule has 1 aromatic heterocycles. The van der Waals surface area contributed by atoms with E-state index in [2.05, 4.69) is 0 Å². The average molecular weight is 447 g/mol. The van der Waals surface area contributed by atoms with E-state index in [-0.39, 0.29) is 12.0 Å². The number of pyridine rings is 1. The first-order chi connectivity index (χ1) is 15.7. The molecule has 6 nitrogen and oxygen atoms in total. The van der Waals surface area contributed by atoms with Gasteiger partial charge in [0.15, 0.2) is 0 Å². The van der Waals surface area contributed by atoms with E-state index in [9.17, 15) is 14.7 Å². The van der Waals surface area contributed by atoms with E-state index in [1.807, 2.05) is 75.4 Å². The lowest BCUT2D eigenvalue weighted by Gasteiger charge is -2.34. The number of fused-ring (bicyclic) bond motifs is 1. The van der Waals surface area contributed by atoms with E-state index in [1.165, 1.54) is 0 Å². The summed E-state index contributed by atoms with van der Waals surface area (Å²) in [6.07, 6.45) is 1.90. The predicted octanol–water partition coefficient (Wildman–Crippen LogP) is 5.79. The van der Waals surface area contributed by atoms with Crippen LogP contribution in [-0.4, -0.2) is 45.7 Å².